The van der Waals surface area contributed by atoms with E-state index < -0.39 is 24.3 Å². The highest BCUT2D eigenvalue weighted by atomic mass is 19.3. The van der Waals surface area contributed by atoms with Crippen LogP contribution in [0.3, 0.4) is 0 Å². The molecule has 0 atom stereocenters. The predicted octanol–water partition coefficient (Wildman–Crippen LogP) is 1.27. The third-order valence-electron chi connectivity index (χ3n) is 1.92. The predicted molar refractivity (Wildman–Crippen MR) is 42.8 cm³/mol. The highest BCUT2D eigenvalue weighted by molar-refractivity contribution is 5.75. The van der Waals surface area contributed by atoms with Crippen LogP contribution >= 0.6 is 0 Å². The molecule has 1 N–H and O–H groups in total. The number of carboxylic acid groups (broad SMARTS) is 1. The largest absolute Gasteiger partial charge is 0.477 e. The third-order valence-corrected chi connectivity index (χ3v) is 1.92. The molecule has 0 saturated carbocycles. The number of hydrogen-bond donors (Lipinski definition) is 1. The maximum atomic E-state index is 12.7. The minimum atomic E-state index is -3.81. The molecule has 80 valence electrons. The van der Waals surface area contributed by atoms with E-state index in [4.69, 9.17) is 5.11 Å². The fourth-order valence-electron chi connectivity index (χ4n) is 1.24. The number of nitrogens with zero attached hydrogens (tertiary/aromatic N) is 1. The minimum Gasteiger partial charge on any atom is -0.477 e. The van der Waals surface area contributed by atoms with E-state index in [0.29, 0.717) is 6.42 Å². The molecule has 1 aliphatic heterocycles. The summed E-state index contributed by atoms with van der Waals surface area (Å²) < 4.78 is 38.0. The first-order valence-corrected chi connectivity index (χ1v) is 4.10. The zero-order valence-electron chi connectivity index (χ0n) is 7.34. The Hall–Kier alpha value is -1.04. The molecule has 0 bridgehead atoms. The number of carbonyl (C=O) groups is 1. The highest BCUT2D eigenvalue weighted by Gasteiger charge is 2.40. The van der Waals surface area contributed by atoms with Crippen LogP contribution < -0.4 is 0 Å². The quantitative estimate of drug-likeness (QED) is 0.760. The molecule has 14 heavy (non-hydrogen) atoms. The summed E-state index contributed by atoms with van der Waals surface area (Å²) in [6.45, 7) is -0.914. The van der Waals surface area contributed by atoms with Gasteiger partial charge in [0.1, 0.15) is 5.83 Å². The van der Waals surface area contributed by atoms with Gasteiger partial charge in [-0.15, -0.1) is 0 Å². The van der Waals surface area contributed by atoms with Gasteiger partial charge in [0.15, 0.2) is 0 Å². The fourth-order valence-corrected chi connectivity index (χ4v) is 1.24. The van der Waals surface area contributed by atoms with Gasteiger partial charge in [-0.25, -0.2) is 9.18 Å². The van der Waals surface area contributed by atoms with E-state index in [1.165, 1.54) is 6.08 Å². The fraction of sp³-hybridized carbons (Fsp3) is 0.625. The molecule has 1 aliphatic rings. The average Bonchev–Trinajstić information content (AvgIpc) is 2.02. The van der Waals surface area contributed by atoms with E-state index in [-0.39, 0.29) is 13.1 Å². The standard InChI is InChI=1S/C8H10F3NO2/c9-6-2-1-3-12(4-6)5-8(10,11)7(13)14/h2H,1,3-5H2,(H,13,14). The lowest BCUT2D eigenvalue weighted by Crippen LogP contribution is -2.44. The second-order valence-corrected chi connectivity index (χ2v) is 3.16. The van der Waals surface area contributed by atoms with Gasteiger partial charge in [0.2, 0.25) is 0 Å². The van der Waals surface area contributed by atoms with Crippen LogP contribution in [-0.4, -0.2) is 41.5 Å². The molecular weight excluding hydrogens is 199 g/mol. The minimum absolute atomic E-state index is 0.233. The van der Waals surface area contributed by atoms with Crippen molar-refractivity contribution in [2.24, 2.45) is 0 Å². The van der Waals surface area contributed by atoms with Gasteiger partial charge in [-0.1, -0.05) is 6.08 Å². The number of hydrogen-bond acceptors (Lipinski definition) is 2. The van der Waals surface area contributed by atoms with Gasteiger partial charge in [-0.05, 0) is 6.42 Å². The Balaban J connectivity index is 2.53. The van der Waals surface area contributed by atoms with E-state index in [0.717, 1.165) is 4.90 Å². The smallest absolute Gasteiger partial charge is 0.375 e. The van der Waals surface area contributed by atoms with Crippen LogP contribution in [0, 0.1) is 0 Å². The average molecular weight is 209 g/mol. The summed E-state index contributed by atoms with van der Waals surface area (Å²) in [5.41, 5.74) is 0. The molecule has 0 spiro atoms. The van der Waals surface area contributed by atoms with E-state index in [1.807, 2.05) is 0 Å². The molecule has 0 aromatic heterocycles. The van der Waals surface area contributed by atoms with E-state index in [2.05, 4.69) is 0 Å². The van der Waals surface area contributed by atoms with E-state index in [9.17, 15) is 18.0 Å². The lowest BCUT2D eigenvalue weighted by Gasteiger charge is -2.26. The van der Waals surface area contributed by atoms with Crippen molar-refractivity contribution < 1.29 is 23.1 Å². The first-order valence-electron chi connectivity index (χ1n) is 4.10. The normalized spacial score (nSPS) is 19.2. The number of halogens is 3. The van der Waals surface area contributed by atoms with Crippen molar-refractivity contribution >= 4 is 5.97 Å². The van der Waals surface area contributed by atoms with Crippen LogP contribution in [0.4, 0.5) is 13.2 Å². The van der Waals surface area contributed by atoms with Crippen LogP contribution in [0.15, 0.2) is 11.9 Å². The van der Waals surface area contributed by atoms with Crippen molar-refractivity contribution in [3.05, 3.63) is 11.9 Å². The Morgan fingerprint density at radius 1 is 1.64 bits per heavy atom. The first-order chi connectivity index (χ1) is 6.42. The Kier molecular flexibility index (Phi) is 3.15. The molecule has 0 unspecified atom stereocenters. The van der Waals surface area contributed by atoms with Crippen LogP contribution in [0.25, 0.3) is 0 Å². The molecule has 1 rings (SSSR count). The van der Waals surface area contributed by atoms with E-state index in [1.54, 1.807) is 0 Å². The molecule has 0 aromatic carbocycles. The summed E-state index contributed by atoms with van der Waals surface area (Å²) in [6.07, 6.45) is 1.65. The van der Waals surface area contributed by atoms with Crippen LogP contribution in [0.5, 0.6) is 0 Å². The van der Waals surface area contributed by atoms with Crippen LogP contribution in [0.1, 0.15) is 6.42 Å². The number of rotatable bonds is 3. The topological polar surface area (TPSA) is 40.5 Å². The molecular formula is C8H10F3NO2. The van der Waals surface area contributed by atoms with Gasteiger partial charge in [0.05, 0.1) is 13.1 Å². The molecule has 0 saturated heterocycles. The van der Waals surface area contributed by atoms with Crippen molar-refractivity contribution in [3.8, 4) is 0 Å². The first kappa shape index (κ1) is 11.0. The summed E-state index contributed by atoms with van der Waals surface area (Å²) in [4.78, 5) is 11.2. The van der Waals surface area contributed by atoms with Crippen molar-refractivity contribution in [3.63, 3.8) is 0 Å². The molecule has 6 heteroatoms. The Morgan fingerprint density at radius 3 is 2.79 bits per heavy atom. The van der Waals surface area contributed by atoms with Crippen molar-refractivity contribution in [1.29, 1.82) is 0 Å². The zero-order valence-corrected chi connectivity index (χ0v) is 7.34. The molecule has 1 heterocycles. The van der Waals surface area contributed by atoms with Gasteiger partial charge in [-0.2, -0.15) is 8.78 Å². The summed E-state index contributed by atoms with van der Waals surface area (Å²) >= 11 is 0. The Bertz CT molecular complexity index is 265. The highest BCUT2D eigenvalue weighted by Crippen LogP contribution is 2.19. The maximum Gasteiger partial charge on any atom is 0.375 e. The summed E-state index contributed by atoms with van der Waals surface area (Å²) in [7, 11) is 0. The van der Waals surface area contributed by atoms with Crippen LogP contribution in [-0.2, 0) is 4.79 Å². The molecule has 0 aliphatic carbocycles. The molecule has 0 fully saturated rings. The monoisotopic (exact) mass is 209 g/mol. The molecule has 0 radical (unpaired) electrons. The number of aliphatic carboxylic acids is 1. The van der Waals surface area contributed by atoms with Gasteiger partial charge in [-0.3, -0.25) is 4.90 Å². The summed E-state index contributed by atoms with van der Waals surface area (Å²) in [5, 5.41) is 8.15. The lowest BCUT2D eigenvalue weighted by atomic mass is 10.2. The van der Waals surface area contributed by atoms with E-state index >= 15 is 0 Å². The SMILES string of the molecule is O=C(O)C(F)(F)CN1CCC=C(F)C1. The summed E-state index contributed by atoms with van der Waals surface area (Å²) in [5.74, 6) is -6.47. The Morgan fingerprint density at radius 2 is 2.29 bits per heavy atom. The van der Waals surface area contributed by atoms with Crippen molar-refractivity contribution in [2.45, 2.75) is 12.3 Å². The van der Waals surface area contributed by atoms with Crippen molar-refractivity contribution in [1.82, 2.24) is 4.90 Å². The van der Waals surface area contributed by atoms with Gasteiger partial charge >= 0.3 is 11.9 Å². The van der Waals surface area contributed by atoms with Gasteiger partial charge in [0, 0.05) is 6.54 Å². The second kappa shape index (κ2) is 4.00. The lowest BCUT2D eigenvalue weighted by molar-refractivity contribution is -0.167. The maximum absolute atomic E-state index is 12.7. The van der Waals surface area contributed by atoms with Crippen LogP contribution in [0.2, 0.25) is 0 Å². The van der Waals surface area contributed by atoms with Gasteiger partial charge in [0.25, 0.3) is 0 Å². The van der Waals surface area contributed by atoms with Gasteiger partial charge < -0.3 is 5.11 Å². The third kappa shape index (κ3) is 2.73. The Labute approximate surface area is 78.8 Å². The number of alkyl halides is 2. The molecule has 0 amide bonds. The zero-order chi connectivity index (χ0) is 10.8. The van der Waals surface area contributed by atoms with Crippen molar-refractivity contribution in [2.75, 3.05) is 19.6 Å². The molecule has 0 aromatic rings. The second-order valence-electron chi connectivity index (χ2n) is 3.16. The number of carboxylic acids is 1. The molecule has 3 nitrogen and oxygen atoms in total. The summed E-state index contributed by atoms with van der Waals surface area (Å²) in [6, 6.07) is 0.